The molecule has 1 aromatic rings. The van der Waals surface area contributed by atoms with Gasteiger partial charge in [0.25, 0.3) is 0 Å². The molecule has 0 spiro atoms. The molecule has 3 nitrogen and oxygen atoms in total. The summed E-state index contributed by atoms with van der Waals surface area (Å²) in [5, 5.41) is 0. The number of benzene rings is 1. The van der Waals surface area contributed by atoms with Crippen molar-refractivity contribution in [2.24, 2.45) is 0 Å². The van der Waals surface area contributed by atoms with Gasteiger partial charge in [-0.2, -0.15) is 0 Å². The Morgan fingerprint density at radius 3 is 2.11 bits per heavy atom. The van der Waals surface area contributed by atoms with Crippen molar-refractivity contribution in [1.29, 1.82) is 0 Å². The lowest BCUT2D eigenvalue weighted by molar-refractivity contribution is -0.154. The van der Waals surface area contributed by atoms with Crippen molar-refractivity contribution in [3.63, 3.8) is 0 Å². The van der Waals surface area contributed by atoms with Crippen molar-refractivity contribution < 1.29 is 14.3 Å². The molecule has 0 aliphatic rings. The van der Waals surface area contributed by atoms with E-state index in [2.05, 4.69) is 0 Å². The molecule has 0 heterocycles. The predicted octanol–water partition coefficient (Wildman–Crippen LogP) is 3.30. The molecule has 0 saturated carbocycles. The summed E-state index contributed by atoms with van der Waals surface area (Å²) in [4.78, 5) is 23.3. The second-order valence-corrected chi connectivity index (χ2v) is 5.38. The topological polar surface area (TPSA) is 43.4 Å². The number of carbonyl (C=O) groups excluding carboxylic acids is 2. The van der Waals surface area contributed by atoms with Crippen LogP contribution in [-0.4, -0.2) is 17.4 Å². The number of aryl methyl sites for hydroxylation is 1. The van der Waals surface area contributed by atoms with E-state index >= 15 is 0 Å². The quantitative estimate of drug-likeness (QED) is 0.606. The highest BCUT2D eigenvalue weighted by atomic mass is 16.6. The minimum Gasteiger partial charge on any atom is -0.460 e. The van der Waals surface area contributed by atoms with E-state index in [1.807, 2.05) is 39.8 Å². The molecule has 0 radical (unpaired) electrons. The summed E-state index contributed by atoms with van der Waals surface area (Å²) in [7, 11) is 0. The summed E-state index contributed by atoms with van der Waals surface area (Å²) in [6.07, 6.45) is 0.321. The van der Waals surface area contributed by atoms with Gasteiger partial charge in [-0.05, 0) is 27.7 Å². The minimum atomic E-state index is -0.496. The zero-order valence-electron chi connectivity index (χ0n) is 11.4. The smallest absolute Gasteiger partial charge is 0.306 e. The van der Waals surface area contributed by atoms with E-state index in [-0.39, 0.29) is 24.6 Å². The summed E-state index contributed by atoms with van der Waals surface area (Å²) in [6.45, 7) is 7.40. The first kappa shape index (κ1) is 14.4. The zero-order chi connectivity index (χ0) is 13.8. The molecule has 0 aliphatic heterocycles. The Hall–Kier alpha value is -1.64. The molecule has 1 rings (SSSR count). The fourth-order valence-electron chi connectivity index (χ4n) is 1.49. The lowest BCUT2D eigenvalue weighted by Gasteiger charge is -2.19. The van der Waals surface area contributed by atoms with Gasteiger partial charge in [0.2, 0.25) is 0 Å². The Balaban J connectivity index is 2.47. The number of ether oxygens (including phenoxy) is 1. The van der Waals surface area contributed by atoms with Gasteiger partial charge in [0.1, 0.15) is 5.60 Å². The van der Waals surface area contributed by atoms with Crippen molar-refractivity contribution in [3.05, 3.63) is 35.4 Å². The second-order valence-electron chi connectivity index (χ2n) is 5.38. The van der Waals surface area contributed by atoms with Crippen LogP contribution in [0.2, 0.25) is 0 Å². The van der Waals surface area contributed by atoms with Crippen LogP contribution >= 0.6 is 0 Å². The van der Waals surface area contributed by atoms with E-state index in [0.717, 1.165) is 5.56 Å². The van der Waals surface area contributed by atoms with Crippen molar-refractivity contribution >= 4 is 11.8 Å². The summed E-state index contributed by atoms with van der Waals surface area (Å²) in [5.41, 5.74) is 1.26. The normalized spacial score (nSPS) is 11.1. The van der Waals surface area contributed by atoms with E-state index < -0.39 is 5.60 Å². The van der Waals surface area contributed by atoms with E-state index in [4.69, 9.17) is 4.74 Å². The number of hydrogen-bond acceptors (Lipinski definition) is 3. The van der Waals surface area contributed by atoms with Gasteiger partial charge in [0.15, 0.2) is 5.78 Å². The minimum absolute atomic E-state index is 0.0270. The molecule has 98 valence electrons. The van der Waals surface area contributed by atoms with Gasteiger partial charge >= 0.3 is 5.97 Å². The van der Waals surface area contributed by atoms with Gasteiger partial charge in [-0.15, -0.1) is 0 Å². The number of hydrogen-bond donors (Lipinski definition) is 0. The molecular weight excluding hydrogens is 228 g/mol. The maximum atomic E-state index is 11.8. The molecule has 0 fully saturated rings. The van der Waals surface area contributed by atoms with Gasteiger partial charge in [0, 0.05) is 12.0 Å². The van der Waals surface area contributed by atoms with Crippen LogP contribution in [0.15, 0.2) is 24.3 Å². The van der Waals surface area contributed by atoms with Crippen LogP contribution in [0.1, 0.15) is 49.5 Å². The third-order valence-electron chi connectivity index (χ3n) is 2.35. The molecule has 0 bridgehead atoms. The van der Waals surface area contributed by atoms with Gasteiger partial charge in [-0.25, -0.2) is 0 Å². The van der Waals surface area contributed by atoms with Crippen LogP contribution in [0.4, 0.5) is 0 Å². The lowest BCUT2D eigenvalue weighted by atomic mass is 10.1. The Morgan fingerprint density at radius 2 is 1.61 bits per heavy atom. The van der Waals surface area contributed by atoms with Gasteiger partial charge in [0.05, 0.1) is 6.42 Å². The van der Waals surface area contributed by atoms with Crippen LogP contribution in [0, 0.1) is 6.92 Å². The van der Waals surface area contributed by atoms with Crippen LogP contribution in [0.25, 0.3) is 0 Å². The molecule has 0 saturated heterocycles. The summed E-state index contributed by atoms with van der Waals surface area (Å²) >= 11 is 0. The Bertz CT molecular complexity index is 424. The largest absolute Gasteiger partial charge is 0.460 e. The van der Waals surface area contributed by atoms with Crippen LogP contribution in [0.3, 0.4) is 0 Å². The first-order valence-corrected chi connectivity index (χ1v) is 6.09. The molecule has 0 aromatic heterocycles. The van der Waals surface area contributed by atoms with Crippen molar-refractivity contribution in [2.45, 2.75) is 46.1 Å². The molecule has 0 N–H and O–H groups in total. The monoisotopic (exact) mass is 248 g/mol. The first-order chi connectivity index (χ1) is 8.28. The fourth-order valence-corrected chi connectivity index (χ4v) is 1.49. The van der Waals surface area contributed by atoms with Crippen molar-refractivity contribution in [2.75, 3.05) is 0 Å². The summed E-state index contributed by atoms with van der Waals surface area (Å²) in [6, 6.07) is 7.35. The van der Waals surface area contributed by atoms with Crippen molar-refractivity contribution in [3.8, 4) is 0 Å². The molecule has 1 aromatic carbocycles. The second kappa shape index (κ2) is 5.80. The fraction of sp³-hybridized carbons (Fsp3) is 0.467. The number of ketones is 1. The number of esters is 1. The third-order valence-corrected chi connectivity index (χ3v) is 2.35. The van der Waals surface area contributed by atoms with Crippen LogP contribution < -0.4 is 0 Å². The number of carbonyl (C=O) groups is 2. The van der Waals surface area contributed by atoms with Crippen LogP contribution in [0.5, 0.6) is 0 Å². The lowest BCUT2D eigenvalue weighted by Crippen LogP contribution is -2.24. The van der Waals surface area contributed by atoms with Gasteiger partial charge in [-0.1, -0.05) is 29.8 Å². The number of Topliss-reactive ketones (excluding diaryl/α,β-unsaturated/α-hetero) is 1. The van der Waals surface area contributed by atoms with Gasteiger partial charge in [-0.3, -0.25) is 9.59 Å². The molecule has 0 unspecified atom stereocenters. The maximum absolute atomic E-state index is 11.8. The molecule has 0 aliphatic carbocycles. The molecule has 0 atom stereocenters. The van der Waals surface area contributed by atoms with E-state index in [0.29, 0.717) is 5.56 Å². The standard InChI is InChI=1S/C15H20O3/c1-11-5-7-12(8-6-11)13(16)9-10-14(17)18-15(2,3)4/h5-8H,9-10H2,1-4H3. The highest BCUT2D eigenvalue weighted by molar-refractivity contribution is 5.97. The Morgan fingerprint density at radius 1 is 1.06 bits per heavy atom. The average molecular weight is 248 g/mol. The molecule has 0 amide bonds. The molecule has 3 heteroatoms. The number of rotatable bonds is 4. The summed E-state index contributed by atoms with van der Waals surface area (Å²) < 4.78 is 5.15. The molecule has 18 heavy (non-hydrogen) atoms. The Kier molecular flexibility index (Phi) is 4.65. The van der Waals surface area contributed by atoms with E-state index in [9.17, 15) is 9.59 Å². The van der Waals surface area contributed by atoms with Gasteiger partial charge < -0.3 is 4.74 Å². The predicted molar refractivity (Wildman–Crippen MR) is 70.6 cm³/mol. The van der Waals surface area contributed by atoms with Crippen LogP contribution in [-0.2, 0) is 9.53 Å². The Labute approximate surface area is 108 Å². The third kappa shape index (κ3) is 5.13. The SMILES string of the molecule is Cc1ccc(C(=O)CCC(=O)OC(C)(C)C)cc1. The summed E-state index contributed by atoms with van der Waals surface area (Å²) in [5.74, 6) is -0.358. The van der Waals surface area contributed by atoms with Crippen molar-refractivity contribution in [1.82, 2.24) is 0 Å². The average Bonchev–Trinajstić information content (AvgIpc) is 2.24. The zero-order valence-corrected chi connectivity index (χ0v) is 11.4. The maximum Gasteiger partial charge on any atom is 0.306 e. The highest BCUT2D eigenvalue weighted by Gasteiger charge is 2.17. The highest BCUT2D eigenvalue weighted by Crippen LogP contribution is 2.11. The first-order valence-electron chi connectivity index (χ1n) is 6.09. The van der Waals surface area contributed by atoms with E-state index in [1.165, 1.54) is 0 Å². The van der Waals surface area contributed by atoms with E-state index in [1.54, 1.807) is 12.1 Å². The molecular formula is C15H20O3.